The van der Waals surface area contributed by atoms with Crippen molar-refractivity contribution in [3.8, 4) is 5.75 Å². The molecule has 13 nitrogen and oxygen atoms in total. The highest BCUT2D eigenvalue weighted by atomic mass is 16.5. The SMILES string of the molecule is COc1ccc2oc(NC(C(=O)N3C[C@H](C(=O)NC4/C=C/CCCCC(=O)NCCNC(=O)C4=O)[C@]4(CCC45CC5)C3)C(C)C)nc2c1. The number of ether oxygens (including phenoxy) is 1. The van der Waals surface area contributed by atoms with Gasteiger partial charge in [0.1, 0.15) is 23.3 Å². The lowest BCUT2D eigenvalue weighted by Crippen LogP contribution is -2.55. The highest BCUT2D eigenvalue weighted by Crippen LogP contribution is 2.75. The van der Waals surface area contributed by atoms with Crippen LogP contribution in [0.2, 0.25) is 0 Å². The van der Waals surface area contributed by atoms with Gasteiger partial charge in [-0.1, -0.05) is 26.0 Å². The first kappa shape index (κ1) is 33.5. The van der Waals surface area contributed by atoms with Crippen LogP contribution in [0.15, 0.2) is 34.8 Å². The predicted molar refractivity (Wildman–Crippen MR) is 177 cm³/mol. The fourth-order valence-electron chi connectivity index (χ4n) is 7.77. The lowest BCUT2D eigenvalue weighted by atomic mass is 9.52. The van der Waals surface area contributed by atoms with Crippen LogP contribution in [0.3, 0.4) is 0 Å². The molecule has 258 valence electrons. The number of nitrogens with zero attached hydrogens (tertiary/aromatic N) is 2. The number of anilines is 1. The second kappa shape index (κ2) is 13.6. The highest BCUT2D eigenvalue weighted by Gasteiger charge is 2.72. The van der Waals surface area contributed by atoms with E-state index in [9.17, 15) is 24.0 Å². The average molecular weight is 663 g/mol. The Bertz CT molecular complexity index is 1610. The molecule has 2 aliphatic heterocycles. The first-order chi connectivity index (χ1) is 23.1. The molecule has 2 aromatic rings. The number of carbonyl (C=O) groups is 5. The van der Waals surface area contributed by atoms with Gasteiger partial charge in [0, 0.05) is 44.1 Å². The molecule has 1 aromatic heterocycles. The summed E-state index contributed by atoms with van der Waals surface area (Å²) < 4.78 is 11.2. The molecule has 2 saturated carbocycles. The van der Waals surface area contributed by atoms with Crippen LogP contribution >= 0.6 is 0 Å². The molecule has 0 radical (unpaired) electrons. The van der Waals surface area contributed by atoms with Crippen LogP contribution < -0.4 is 26.0 Å². The Balaban J connectivity index is 1.19. The normalized spacial score (nSPS) is 27.2. The first-order valence-corrected chi connectivity index (χ1v) is 17.1. The highest BCUT2D eigenvalue weighted by molar-refractivity contribution is 6.39. The lowest BCUT2D eigenvalue weighted by Gasteiger charge is -2.51. The maximum Gasteiger partial charge on any atom is 0.296 e. The second-order valence-electron chi connectivity index (χ2n) is 14.1. The van der Waals surface area contributed by atoms with E-state index >= 15 is 0 Å². The molecule has 2 unspecified atom stereocenters. The van der Waals surface area contributed by atoms with Crippen LogP contribution in [0, 0.1) is 22.7 Å². The number of aromatic nitrogens is 1. The number of oxazole rings is 1. The Labute approximate surface area is 280 Å². The molecule has 2 spiro atoms. The molecule has 3 heterocycles. The Morgan fingerprint density at radius 3 is 2.56 bits per heavy atom. The summed E-state index contributed by atoms with van der Waals surface area (Å²) >= 11 is 0. The zero-order chi connectivity index (χ0) is 34.1. The maximum atomic E-state index is 14.2. The molecule has 4 N–H and O–H groups in total. The molecular weight excluding hydrogens is 616 g/mol. The molecule has 0 bridgehead atoms. The van der Waals surface area contributed by atoms with Crippen molar-refractivity contribution >= 4 is 46.5 Å². The smallest absolute Gasteiger partial charge is 0.296 e. The Morgan fingerprint density at radius 2 is 1.85 bits per heavy atom. The summed E-state index contributed by atoms with van der Waals surface area (Å²) in [6, 6.07) is 3.77. The van der Waals surface area contributed by atoms with Crippen molar-refractivity contribution in [2.24, 2.45) is 22.7 Å². The maximum absolute atomic E-state index is 14.2. The van der Waals surface area contributed by atoms with Crippen molar-refractivity contribution in [3.63, 3.8) is 0 Å². The summed E-state index contributed by atoms with van der Waals surface area (Å²) in [7, 11) is 1.58. The van der Waals surface area contributed by atoms with E-state index in [1.807, 2.05) is 13.8 Å². The third kappa shape index (κ3) is 6.51. The van der Waals surface area contributed by atoms with Crippen LogP contribution in [0.5, 0.6) is 5.75 Å². The monoisotopic (exact) mass is 662 g/mol. The number of fused-ring (bicyclic) bond motifs is 2. The van der Waals surface area contributed by atoms with Gasteiger partial charge >= 0.3 is 0 Å². The number of ketones is 1. The summed E-state index contributed by atoms with van der Waals surface area (Å²) in [6.07, 6.45) is 9.64. The van der Waals surface area contributed by atoms with E-state index in [4.69, 9.17) is 9.15 Å². The minimum absolute atomic E-state index is 0.0229. The van der Waals surface area contributed by atoms with E-state index in [-0.39, 0.29) is 60.1 Å². The molecular formula is C35H46N6O7. The third-order valence-electron chi connectivity index (χ3n) is 10.8. The van der Waals surface area contributed by atoms with Crippen LogP contribution in [0.25, 0.3) is 11.1 Å². The van der Waals surface area contributed by atoms with E-state index in [1.165, 1.54) is 0 Å². The van der Waals surface area contributed by atoms with Gasteiger partial charge in [-0.3, -0.25) is 24.0 Å². The summed E-state index contributed by atoms with van der Waals surface area (Å²) in [5.41, 5.74) is 0.819. The van der Waals surface area contributed by atoms with E-state index in [0.29, 0.717) is 42.7 Å². The largest absolute Gasteiger partial charge is 0.497 e. The van der Waals surface area contributed by atoms with Crippen molar-refractivity contribution in [2.45, 2.75) is 77.3 Å². The molecule has 4 aliphatic rings. The van der Waals surface area contributed by atoms with Crippen molar-refractivity contribution in [1.82, 2.24) is 25.8 Å². The van der Waals surface area contributed by atoms with Crippen LogP contribution in [0.1, 0.15) is 65.2 Å². The van der Waals surface area contributed by atoms with Crippen molar-refractivity contribution < 1.29 is 33.1 Å². The van der Waals surface area contributed by atoms with Crippen LogP contribution in [-0.2, 0) is 24.0 Å². The number of nitrogens with one attached hydrogen (secondary N) is 4. The van der Waals surface area contributed by atoms with Gasteiger partial charge < -0.3 is 35.3 Å². The van der Waals surface area contributed by atoms with E-state index in [0.717, 1.165) is 32.1 Å². The first-order valence-electron chi connectivity index (χ1n) is 17.1. The van der Waals surface area contributed by atoms with E-state index in [2.05, 4.69) is 26.3 Å². The van der Waals surface area contributed by atoms with Crippen molar-refractivity contribution in [3.05, 3.63) is 30.4 Å². The lowest BCUT2D eigenvalue weighted by molar-refractivity contribution is -0.141. The average Bonchev–Trinajstić information content (AvgIpc) is 3.66. The molecule has 2 aliphatic carbocycles. The zero-order valence-corrected chi connectivity index (χ0v) is 27.9. The molecule has 1 aromatic carbocycles. The molecule has 48 heavy (non-hydrogen) atoms. The van der Waals surface area contributed by atoms with Crippen LogP contribution in [0.4, 0.5) is 6.01 Å². The summed E-state index contributed by atoms with van der Waals surface area (Å²) in [5, 5.41) is 11.4. The van der Waals surface area contributed by atoms with Gasteiger partial charge in [-0.05, 0) is 68.4 Å². The summed E-state index contributed by atoms with van der Waals surface area (Å²) in [5.74, 6) is -2.11. The van der Waals surface area contributed by atoms with Crippen molar-refractivity contribution in [1.29, 1.82) is 0 Å². The minimum Gasteiger partial charge on any atom is -0.497 e. The molecule has 13 heteroatoms. The van der Waals surface area contributed by atoms with Gasteiger partial charge in [0.15, 0.2) is 5.58 Å². The molecule has 3 fully saturated rings. The number of carbonyl (C=O) groups excluding carboxylic acids is 5. The molecule has 4 atom stereocenters. The third-order valence-corrected chi connectivity index (χ3v) is 10.8. The fourth-order valence-corrected chi connectivity index (χ4v) is 7.77. The number of Topliss-reactive ketones (excluding diaryl/α,β-unsaturated/α-hetero) is 1. The minimum atomic E-state index is -1.13. The van der Waals surface area contributed by atoms with Gasteiger partial charge in [-0.15, -0.1) is 0 Å². The topological polar surface area (TPSA) is 172 Å². The van der Waals surface area contributed by atoms with Crippen LogP contribution in [-0.4, -0.2) is 84.7 Å². The summed E-state index contributed by atoms with van der Waals surface area (Å²) in [6.45, 7) is 4.91. The quantitative estimate of drug-likeness (QED) is 0.257. The van der Waals surface area contributed by atoms with Crippen molar-refractivity contribution in [2.75, 3.05) is 38.6 Å². The number of allylic oxidation sites excluding steroid dienone is 1. The van der Waals surface area contributed by atoms with Gasteiger partial charge in [0.05, 0.1) is 13.0 Å². The molecule has 4 amide bonds. The Kier molecular flexibility index (Phi) is 9.48. The number of rotatable bonds is 7. The van der Waals surface area contributed by atoms with Gasteiger partial charge in [0.25, 0.3) is 11.9 Å². The molecule has 1 saturated heterocycles. The van der Waals surface area contributed by atoms with E-state index < -0.39 is 29.7 Å². The second-order valence-corrected chi connectivity index (χ2v) is 14.1. The summed E-state index contributed by atoms with van der Waals surface area (Å²) in [4.78, 5) is 72.6. The number of amides is 4. The molecule has 6 rings (SSSR count). The number of hydrogen-bond acceptors (Lipinski definition) is 9. The number of methoxy groups -OCH3 is 1. The fraction of sp³-hybridized carbons (Fsp3) is 0.600. The number of likely N-dealkylation sites (tertiary alicyclic amines) is 1. The number of hydrogen-bond donors (Lipinski definition) is 4. The Hall–Kier alpha value is -4.42. The number of benzene rings is 1. The van der Waals surface area contributed by atoms with E-state index in [1.54, 1.807) is 42.4 Å². The zero-order valence-electron chi connectivity index (χ0n) is 27.9. The predicted octanol–water partition coefficient (Wildman–Crippen LogP) is 2.71. The van der Waals surface area contributed by atoms with Gasteiger partial charge in [0.2, 0.25) is 23.5 Å². The standard InChI is InChI=1S/C35H46N6O7/c1-21(2)28(40-33-39-25-18-22(47-3)10-11-26(25)48-33)32(46)41-19-23(35(20-41)15-14-34(35)12-13-34)30(44)38-24-8-6-4-5-7-9-27(42)36-16-17-37-31(45)29(24)43/h6,8,10-11,18,21,23-24,28H,4-5,7,9,12-17,19-20H2,1-3H3,(H,36,42)(H,37,45)(H,38,44)(H,39,40)/b8-6+/t23-,24?,28?,35+/m1/s1. The van der Waals surface area contributed by atoms with Gasteiger partial charge in [-0.2, -0.15) is 4.98 Å². The Morgan fingerprint density at radius 1 is 1.08 bits per heavy atom. The van der Waals surface area contributed by atoms with Gasteiger partial charge in [-0.25, -0.2) is 0 Å².